The van der Waals surface area contributed by atoms with Crippen LogP contribution in [0.2, 0.25) is 0 Å². The predicted molar refractivity (Wildman–Crippen MR) is 77.5 cm³/mol. The summed E-state index contributed by atoms with van der Waals surface area (Å²) in [4.78, 5) is 4.32. The summed E-state index contributed by atoms with van der Waals surface area (Å²) in [7, 11) is 0. The minimum Gasteiger partial charge on any atom is -0.489 e. The van der Waals surface area contributed by atoms with E-state index in [4.69, 9.17) is 9.15 Å². The minimum atomic E-state index is 0.551. The number of hydrogen-bond donors (Lipinski definition) is 0. The zero-order chi connectivity index (χ0) is 13.8. The van der Waals surface area contributed by atoms with Crippen molar-refractivity contribution in [1.29, 1.82) is 0 Å². The van der Waals surface area contributed by atoms with Crippen LogP contribution in [0.4, 0.5) is 0 Å². The normalized spacial score (nSPS) is 10.4. The van der Waals surface area contributed by atoms with Crippen molar-refractivity contribution in [3.63, 3.8) is 0 Å². The summed E-state index contributed by atoms with van der Waals surface area (Å²) in [5.41, 5.74) is 2.93. The highest BCUT2D eigenvalue weighted by molar-refractivity contribution is 5.55. The Kier molecular flexibility index (Phi) is 3.50. The van der Waals surface area contributed by atoms with Gasteiger partial charge in [0.2, 0.25) is 5.89 Å². The van der Waals surface area contributed by atoms with Crippen molar-refractivity contribution >= 4 is 0 Å². The highest BCUT2D eigenvalue weighted by atomic mass is 16.5. The van der Waals surface area contributed by atoms with Gasteiger partial charge in [0, 0.05) is 5.56 Å². The van der Waals surface area contributed by atoms with Gasteiger partial charge in [0.15, 0.2) is 0 Å². The first kappa shape index (κ1) is 12.5. The third-order valence-corrected chi connectivity index (χ3v) is 2.95. The molecule has 0 N–H and O–H groups in total. The van der Waals surface area contributed by atoms with Crippen LogP contribution < -0.4 is 4.74 Å². The van der Waals surface area contributed by atoms with Crippen molar-refractivity contribution in [2.24, 2.45) is 0 Å². The van der Waals surface area contributed by atoms with E-state index in [1.807, 2.05) is 61.5 Å². The zero-order valence-corrected chi connectivity index (χ0v) is 11.2. The van der Waals surface area contributed by atoms with Gasteiger partial charge in [0.05, 0.1) is 5.69 Å². The van der Waals surface area contributed by atoms with E-state index in [9.17, 15) is 0 Å². The fourth-order valence-corrected chi connectivity index (χ4v) is 1.95. The van der Waals surface area contributed by atoms with Crippen LogP contribution in [0, 0.1) is 6.92 Å². The van der Waals surface area contributed by atoms with E-state index in [1.165, 1.54) is 0 Å². The van der Waals surface area contributed by atoms with Gasteiger partial charge in [0.1, 0.15) is 18.6 Å². The monoisotopic (exact) mass is 265 g/mol. The standard InChI is InChI=1S/C17H15NO2/c1-13-11-20-17(18-13)15-8-5-9-16(10-15)19-12-14-6-3-2-4-7-14/h2-11H,12H2,1H3. The lowest BCUT2D eigenvalue weighted by molar-refractivity contribution is 0.306. The minimum absolute atomic E-state index is 0.551. The quantitative estimate of drug-likeness (QED) is 0.708. The van der Waals surface area contributed by atoms with Gasteiger partial charge in [-0.05, 0) is 30.7 Å². The molecule has 0 saturated heterocycles. The van der Waals surface area contributed by atoms with Crippen molar-refractivity contribution in [2.75, 3.05) is 0 Å². The molecular weight excluding hydrogens is 250 g/mol. The van der Waals surface area contributed by atoms with E-state index >= 15 is 0 Å². The molecule has 2 aromatic carbocycles. The molecular formula is C17H15NO2. The van der Waals surface area contributed by atoms with Crippen LogP contribution in [0.25, 0.3) is 11.5 Å². The third kappa shape index (κ3) is 2.88. The Balaban J connectivity index is 1.75. The molecule has 0 fully saturated rings. The summed E-state index contributed by atoms with van der Waals surface area (Å²) in [6, 6.07) is 17.9. The SMILES string of the molecule is Cc1coc(-c2cccc(OCc3ccccc3)c2)n1. The average Bonchev–Trinajstić information content (AvgIpc) is 2.93. The van der Waals surface area contributed by atoms with Gasteiger partial charge in [-0.25, -0.2) is 4.98 Å². The maximum atomic E-state index is 5.79. The Morgan fingerprint density at radius 3 is 2.65 bits per heavy atom. The fourth-order valence-electron chi connectivity index (χ4n) is 1.95. The van der Waals surface area contributed by atoms with Crippen LogP contribution in [0.5, 0.6) is 5.75 Å². The first-order valence-electron chi connectivity index (χ1n) is 6.50. The number of oxazole rings is 1. The second-order valence-corrected chi connectivity index (χ2v) is 4.60. The number of hydrogen-bond acceptors (Lipinski definition) is 3. The van der Waals surface area contributed by atoms with E-state index in [2.05, 4.69) is 4.98 Å². The lowest BCUT2D eigenvalue weighted by atomic mass is 10.2. The van der Waals surface area contributed by atoms with Gasteiger partial charge in [-0.2, -0.15) is 0 Å². The number of rotatable bonds is 4. The molecule has 0 aliphatic heterocycles. The van der Waals surface area contributed by atoms with Crippen molar-refractivity contribution < 1.29 is 9.15 Å². The van der Waals surface area contributed by atoms with Gasteiger partial charge in [-0.1, -0.05) is 36.4 Å². The van der Waals surface area contributed by atoms with Crippen LogP contribution in [0.15, 0.2) is 65.3 Å². The van der Waals surface area contributed by atoms with E-state index in [-0.39, 0.29) is 0 Å². The van der Waals surface area contributed by atoms with Crippen LogP contribution >= 0.6 is 0 Å². The number of nitrogens with zero attached hydrogens (tertiary/aromatic N) is 1. The second kappa shape index (κ2) is 5.61. The Morgan fingerprint density at radius 1 is 1.05 bits per heavy atom. The van der Waals surface area contributed by atoms with Gasteiger partial charge in [-0.3, -0.25) is 0 Å². The summed E-state index contributed by atoms with van der Waals surface area (Å²) in [6.07, 6.45) is 1.65. The third-order valence-electron chi connectivity index (χ3n) is 2.95. The molecule has 20 heavy (non-hydrogen) atoms. The van der Waals surface area contributed by atoms with Gasteiger partial charge < -0.3 is 9.15 Å². The molecule has 100 valence electrons. The Labute approximate surface area is 117 Å². The van der Waals surface area contributed by atoms with Crippen molar-refractivity contribution in [2.45, 2.75) is 13.5 Å². The molecule has 0 bridgehead atoms. The predicted octanol–water partition coefficient (Wildman–Crippen LogP) is 4.23. The summed E-state index contributed by atoms with van der Waals surface area (Å²) >= 11 is 0. The van der Waals surface area contributed by atoms with E-state index in [1.54, 1.807) is 6.26 Å². The maximum Gasteiger partial charge on any atom is 0.226 e. The molecule has 3 aromatic rings. The first-order valence-corrected chi connectivity index (χ1v) is 6.50. The molecule has 0 amide bonds. The summed E-state index contributed by atoms with van der Waals surface area (Å²) < 4.78 is 11.2. The molecule has 1 heterocycles. The molecule has 0 unspecified atom stereocenters. The lowest BCUT2D eigenvalue weighted by Gasteiger charge is -2.07. The van der Waals surface area contributed by atoms with Gasteiger partial charge >= 0.3 is 0 Å². The fraction of sp³-hybridized carbons (Fsp3) is 0.118. The van der Waals surface area contributed by atoms with Crippen LogP contribution in [0.1, 0.15) is 11.3 Å². The maximum absolute atomic E-state index is 5.79. The van der Waals surface area contributed by atoms with Crippen LogP contribution in [-0.2, 0) is 6.61 Å². The molecule has 3 nitrogen and oxygen atoms in total. The average molecular weight is 265 g/mol. The summed E-state index contributed by atoms with van der Waals surface area (Å²) in [6.45, 7) is 2.46. The highest BCUT2D eigenvalue weighted by Gasteiger charge is 2.05. The molecule has 3 rings (SSSR count). The lowest BCUT2D eigenvalue weighted by Crippen LogP contribution is -1.95. The Hall–Kier alpha value is -2.55. The number of aryl methyl sites for hydroxylation is 1. The second-order valence-electron chi connectivity index (χ2n) is 4.60. The molecule has 0 saturated carbocycles. The molecule has 0 aliphatic rings. The molecule has 0 aliphatic carbocycles. The number of aromatic nitrogens is 1. The van der Waals surface area contributed by atoms with Crippen LogP contribution in [0.3, 0.4) is 0 Å². The number of ether oxygens (including phenoxy) is 1. The number of benzene rings is 2. The Morgan fingerprint density at radius 2 is 1.90 bits per heavy atom. The summed E-state index contributed by atoms with van der Waals surface area (Å²) in [5.74, 6) is 1.43. The largest absolute Gasteiger partial charge is 0.489 e. The Bertz CT molecular complexity index is 689. The van der Waals surface area contributed by atoms with Gasteiger partial charge in [-0.15, -0.1) is 0 Å². The van der Waals surface area contributed by atoms with Gasteiger partial charge in [0.25, 0.3) is 0 Å². The molecule has 0 spiro atoms. The van der Waals surface area contributed by atoms with Crippen molar-refractivity contribution in [3.8, 4) is 17.2 Å². The molecule has 0 atom stereocenters. The van der Waals surface area contributed by atoms with Crippen molar-refractivity contribution in [3.05, 3.63) is 72.1 Å². The van der Waals surface area contributed by atoms with E-state index in [0.29, 0.717) is 12.5 Å². The smallest absolute Gasteiger partial charge is 0.226 e. The van der Waals surface area contributed by atoms with E-state index in [0.717, 1.165) is 22.6 Å². The van der Waals surface area contributed by atoms with Crippen molar-refractivity contribution in [1.82, 2.24) is 4.98 Å². The zero-order valence-electron chi connectivity index (χ0n) is 11.2. The topological polar surface area (TPSA) is 35.3 Å². The summed E-state index contributed by atoms with van der Waals surface area (Å²) in [5, 5.41) is 0. The van der Waals surface area contributed by atoms with E-state index < -0.39 is 0 Å². The molecule has 3 heteroatoms. The molecule has 0 radical (unpaired) electrons. The van der Waals surface area contributed by atoms with Crippen LogP contribution in [-0.4, -0.2) is 4.98 Å². The first-order chi connectivity index (χ1) is 9.81. The highest BCUT2D eigenvalue weighted by Crippen LogP contribution is 2.23. The molecule has 1 aromatic heterocycles.